The summed E-state index contributed by atoms with van der Waals surface area (Å²) < 4.78 is 11.3. The van der Waals surface area contributed by atoms with Crippen molar-refractivity contribution >= 4 is 5.91 Å². The molecule has 2 aromatic rings. The summed E-state index contributed by atoms with van der Waals surface area (Å²) in [6, 6.07) is 13.4. The van der Waals surface area contributed by atoms with Gasteiger partial charge in [0.05, 0.1) is 19.3 Å². The molecule has 1 saturated carbocycles. The SMILES string of the molecule is COc1cccc(CN2CCCC(COc3ccccc3C(=O)NC3CC3)C2)c1O. The Morgan fingerprint density at radius 2 is 1.93 bits per heavy atom. The number of hydrogen-bond acceptors (Lipinski definition) is 5. The molecule has 2 aliphatic rings. The normalized spacial score (nSPS) is 19.3. The molecular formula is C24H30N2O4. The standard InChI is InChI=1S/C24H30N2O4/c1-29-22-10-4-7-18(23(22)27)15-26-13-5-6-17(14-26)16-30-21-9-3-2-8-20(21)24(28)25-19-11-12-19/h2-4,7-10,17,19,27H,5-6,11-16H2,1H3,(H,25,28). The summed E-state index contributed by atoms with van der Waals surface area (Å²) in [6.07, 6.45) is 4.31. The van der Waals surface area contributed by atoms with E-state index in [0.717, 1.165) is 44.3 Å². The molecular weight excluding hydrogens is 380 g/mol. The number of phenols is 1. The summed E-state index contributed by atoms with van der Waals surface area (Å²) in [4.78, 5) is 14.8. The summed E-state index contributed by atoms with van der Waals surface area (Å²) in [5.74, 6) is 1.70. The molecule has 0 spiro atoms. The van der Waals surface area contributed by atoms with E-state index in [4.69, 9.17) is 9.47 Å². The van der Waals surface area contributed by atoms with Gasteiger partial charge in [-0.1, -0.05) is 24.3 Å². The molecule has 30 heavy (non-hydrogen) atoms. The van der Waals surface area contributed by atoms with E-state index in [1.807, 2.05) is 36.4 Å². The van der Waals surface area contributed by atoms with Gasteiger partial charge in [-0.25, -0.2) is 0 Å². The van der Waals surface area contributed by atoms with Gasteiger partial charge in [0.1, 0.15) is 5.75 Å². The maximum Gasteiger partial charge on any atom is 0.255 e. The number of amides is 1. The number of para-hydroxylation sites is 2. The van der Waals surface area contributed by atoms with Crippen LogP contribution in [0.15, 0.2) is 42.5 Å². The number of likely N-dealkylation sites (tertiary alicyclic amines) is 1. The molecule has 2 N–H and O–H groups in total. The fourth-order valence-corrected chi connectivity index (χ4v) is 4.01. The van der Waals surface area contributed by atoms with E-state index in [2.05, 4.69) is 10.2 Å². The van der Waals surface area contributed by atoms with Gasteiger partial charge < -0.3 is 19.9 Å². The minimum Gasteiger partial charge on any atom is -0.504 e. The largest absolute Gasteiger partial charge is 0.504 e. The van der Waals surface area contributed by atoms with Crippen LogP contribution in [0.3, 0.4) is 0 Å². The van der Waals surface area contributed by atoms with Gasteiger partial charge in [0, 0.05) is 30.6 Å². The number of rotatable bonds is 8. The number of phenolic OH excluding ortho intramolecular Hbond substituents is 1. The third-order valence-corrected chi connectivity index (χ3v) is 5.82. The highest BCUT2D eigenvalue weighted by molar-refractivity contribution is 5.97. The highest BCUT2D eigenvalue weighted by Gasteiger charge is 2.26. The summed E-state index contributed by atoms with van der Waals surface area (Å²) in [7, 11) is 1.57. The molecule has 6 nitrogen and oxygen atoms in total. The molecule has 1 aliphatic carbocycles. The van der Waals surface area contributed by atoms with Crippen LogP contribution in [0.25, 0.3) is 0 Å². The van der Waals surface area contributed by atoms with E-state index < -0.39 is 0 Å². The van der Waals surface area contributed by atoms with Gasteiger partial charge in [-0.3, -0.25) is 9.69 Å². The molecule has 1 unspecified atom stereocenters. The average molecular weight is 411 g/mol. The number of aromatic hydroxyl groups is 1. The van der Waals surface area contributed by atoms with Crippen LogP contribution < -0.4 is 14.8 Å². The van der Waals surface area contributed by atoms with E-state index in [9.17, 15) is 9.90 Å². The maximum atomic E-state index is 12.5. The maximum absolute atomic E-state index is 12.5. The Morgan fingerprint density at radius 3 is 2.73 bits per heavy atom. The Kier molecular flexibility index (Phi) is 6.43. The molecule has 1 atom stereocenters. The van der Waals surface area contributed by atoms with Gasteiger partial charge in [-0.05, 0) is 50.4 Å². The smallest absolute Gasteiger partial charge is 0.255 e. The monoisotopic (exact) mass is 410 g/mol. The minimum atomic E-state index is -0.0492. The van der Waals surface area contributed by atoms with Crippen LogP contribution in [0.5, 0.6) is 17.2 Å². The molecule has 0 bridgehead atoms. The number of piperidine rings is 1. The topological polar surface area (TPSA) is 71.0 Å². The lowest BCUT2D eigenvalue weighted by Gasteiger charge is -2.33. The molecule has 1 heterocycles. The summed E-state index contributed by atoms with van der Waals surface area (Å²) in [6.45, 7) is 3.15. The minimum absolute atomic E-state index is 0.0492. The molecule has 2 aromatic carbocycles. The second kappa shape index (κ2) is 9.39. The molecule has 0 radical (unpaired) electrons. The van der Waals surface area contributed by atoms with Crippen molar-refractivity contribution in [2.24, 2.45) is 5.92 Å². The molecule has 1 saturated heterocycles. The summed E-state index contributed by atoms with van der Waals surface area (Å²) >= 11 is 0. The Hall–Kier alpha value is -2.73. The fraction of sp³-hybridized carbons (Fsp3) is 0.458. The third kappa shape index (κ3) is 5.05. The van der Waals surface area contributed by atoms with Crippen LogP contribution in [0.1, 0.15) is 41.6 Å². The van der Waals surface area contributed by atoms with E-state index in [1.54, 1.807) is 13.2 Å². The van der Waals surface area contributed by atoms with Gasteiger partial charge in [0.15, 0.2) is 11.5 Å². The number of carbonyl (C=O) groups excluding carboxylic acids is 1. The van der Waals surface area contributed by atoms with Crippen molar-refractivity contribution in [1.29, 1.82) is 0 Å². The zero-order chi connectivity index (χ0) is 20.9. The number of nitrogens with zero attached hydrogens (tertiary/aromatic N) is 1. The molecule has 1 aliphatic heterocycles. The predicted molar refractivity (Wildman–Crippen MR) is 115 cm³/mol. The first-order chi connectivity index (χ1) is 14.6. The lowest BCUT2D eigenvalue weighted by molar-refractivity contribution is 0.0940. The Bertz CT molecular complexity index is 881. The van der Waals surface area contributed by atoms with Crippen LogP contribution >= 0.6 is 0 Å². The quantitative estimate of drug-likeness (QED) is 0.696. The third-order valence-electron chi connectivity index (χ3n) is 5.82. The summed E-state index contributed by atoms with van der Waals surface area (Å²) in [5, 5.41) is 13.4. The van der Waals surface area contributed by atoms with Crippen LogP contribution in [0.2, 0.25) is 0 Å². The molecule has 2 fully saturated rings. The number of benzene rings is 2. The molecule has 1 amide bonds. The van der Waals surface area contributed by atoms with Crippen molar-refractivity contribution < 1.29 is 19.4 Å². The second-order valence-electron chi connectivity index (χ2n) is 8.27. The van der Waals surface area contributed by atoms with Crippen LogP contribution in [0, 0.1) is 5.92 Å². The number of ether oxygens (including phenoxy) is 2. The molecule has 4 rings (SSSR count). The molecule has 6 heteroatoms. The molecule has 0 aromatic heterocycles. The van der Waals surface area contributed by atoms with Crippen LogP contribution in [-0.2, 0) is 6.54 Å². The summed E-state index contributed by atoms with van der Waals surface area (Å²) in [5.41, 5.74) is 1.48. The van der Waals surface area contributed by atoms with E-state index in [1.165, 1.54) is 0 Å². The van der Waals surface area contributed by atoms with Gasteiger partial charge in [-0.2, -0.15) is 0 Å². The molecule has 160 valence electrons. The zero-order valence-electron chi connectivity index (χ0n) is 17.5. The van der Waals surface area contributed by atoms with E-state index in [0.29, 0.717) is 42.2 Å². The Balaban J connectivity index is 1.34. The fourth-order valence-electron chi connectivity index (χ4n) is 4.01. The van der Waals surface area contributed by atoms with Gasteiger partial charge >= 0.3 is 0 Å². The Labute approximate surface area is 177 Å². The van der Waals surface area contributed by atoms with Crippen molar-refractivity contribution in [3.63, 3.8) is 0 Å². The number of carbonyl (C=O) groups is 1. The van der Waals surface area contributed by atoms with Crippen molar-refractivity contribution in [3.05, 3.63) is 53.6 Å². The average Bonchev–Trinajstić information content (AvgIpc) is 3.58. The van der Waals surface area contributed by atoms with Gasteiger partial charge in [0.2, 0.25) is 0 Å². The number of methoxy groups -OCH3 is 1. The van der Waals surface area contributed by atoms with Crippen molar-refractivity contribution in [2.75, 3.05) is 26.8 Å². The Morgan fingerprint density at radius 1 is 1.13 bits per heavy atom. The van der Waals surface area contributed by atoms with Crippen LogP contribution in [0.4, 0.5) is 0 Å². The van der Waals surface area contributed by atoms with Gasteiger partial charge in [0.25, 0.3) is 5.91 Å². The highest BCUT2D eigenvalue weighted by Crippen LogP contribution is 2.31. The number of hydrogen-bond donors (Lipinski definition) is 2. The first kappa shape index (κ1) is 20.5. The van der Waals surface area contributed by atoms with Gasteiger partial charge in [-0.15, -0.1) is 0 Å². The highest BCUT2D eigenvalue weighted by atomic mass is 16.5. The lowest BCUT2D eigenvalue weighted by atomic mass is 9.98. The number of nitrogens with one attached hydrogen (secondary N) is 1. The van der Waals surface area contributed by atoms with Crippen LogP contribution in [-0.4, -0.2) is 48.8 Å². The second-order valence-corrected chi connectivity index (χ2v) is 8.27. The first-order valence-electron chi connectivity index (χ1n) is 10.7. The lowest BCUT2D eigenvalue weighted by Crippen LogP contribution is -2.37. The van der Waals surface area contributed by atoms with E-state index >= 15 is 0 Å². The first-order valence-corrected chi connectivity index (χ1v) is 10.7. The van der Waals surface area contributed by atoms with E-state index in [-0.39, 0.29) is 11.7 Å². The predicted octanol–water partition coefficient (Wildman–Crippen LogP) is 3.58. The van der Waals surface area contributed by atoms with Crippen molar-refractivity contribution in [1.82, 2.24) is 10.2 Å². The van der Waals surface area contributed by atoms with Crippen molar-refractivity contribution in [2.45, 2.75) is 38.3 Å². The van der Waals surface area contributed by atoms with Crippen molar-refractivity contribution in [3.8, 4) is 17.2 Å². The zero-order valence-corrected chi connectivity index (χ0v) is 17.5.